The summed E-state index contributed by atoms with van der Waals surface area (Å²) in [6.07, 6.45) is 9.67. The van der Waals surface area contributed by atoms with Crippen LogP contribution in [0, 0.1) is 0 Å². The van der Waals surface area contributed by atoms with Gasteiger partial charge < -0.3 is 14.6 Å². The van der Waals surface area contributed by atoms with E-state index in [1.165, 1.54) is 25.7 Å². The minimum atomic E-state index is -0.865. The van der Waals surface area contributed by atoms with Crippen molar-refractivity contribution in [1.82, 2.24) is 0 Å². The van der Waals surface area contributed by atoms with Gasteiger partial charge >= 0.3 is 17.9 Å². The summed E-state index contributed by atoms with van der Waals surface area (Å²) in [5.74, 6) is -1.50. The summed E-state index contributed by atoms with van der Waals surface area (Å²) in [6, 6.07) is 0. The van der Waals surface area contributed by atoms with Gasteiger partial charge in [-0.2, -0.15) is 0 Å². The number of hydrogen-bond donors (Lipinski definition) is 1. The molecule has 0 aliphatic carbocycles. The van der Waals surface area contributed by atoms with Gasteiger partial charge in [-0.15, -0.1) is 0 Å². The third-order valence-electron chi connectivity index (χ3n) is 3.62. The van der Waals surface area contributed by atoms with E-state index in [0.29, 0.717) is 19.3 Å². The first-order chi connectivity index (χ1) is 11.6. The number of carbonyl (C=O) groups is 3. The van der Waals surface area contributed by atoms with E-state index < -0.39 is 5.97 Å². The zero-order valence-corrected chi connectivity index (χ0v) is 14.9. The van der Waals surface area contributed by atoms with Crippen LogP contribution in [0.1, 0.15) is 84.0 Å². The molecule has 0 spiro atoms. The molecule has 0 aliphatic heterocycles. The molecule has 24 heavy (non-hydrogen) atoms. The van der Waals surface area contributed by atoms with Crippen molar-refractivity contribution in [3.8, 4) is 0 Å². The molecule has 0 heterocycles. The lowest BCUT2D eigenvalue weighted by atomic mass is 10.1. The summed E-state index contributed by atoms with van der Waals surface area (Å²) in [4.78, 5) is 33.1. The molecular weight excluding hydrogens is 312 g/mol. The van der Waals surface area contributed by atoms with E-state index in [2.05, 4.69) is 6.92 Å². The predicted octanol–water partition coefficient (Wildman–Crippen LogP) is 3.86. The van der Waals surface area contributed by atoms with Crippen LogP contribution in [-0.4, -0.2) is 36.2 Å². The molecule has 0 aromatic rings. The molecule has 0 aromatic carbocycles. The van der Waals surface area contributed by atoms with E-state index in [-0.39, 0.29) is 38.0 Å². The monoisotopic (exact) mass is 344 g/mol. The second-order valence-electron chi connectivity index (χ2n) is 5.91. The van der Waals surface area contributed by atoms with Crippen LogP contribution < -0.4 is 0 Å². The fourth-order valence-corrected chi connectivity index (χ4v) is 2.23. The minimum absolute atomic E-state index is 0.0561. The third kappa shape index (κ3) is 16.8. The highest BCUT2D eigenvalue weighted by atomic mass is 16.6. The Labute approximate surface area is 144 Å². The second-order valence-corrected chi connectivity index (χ2v) is 5.91. The molecule has 0 radical (unpaired) electrons. The van der Waals surface area contributed by atoms with Gasteiger partial charge in [0.05, 0.1) is 0 Å². The summed E-state index contributed by atoms with van der Waals surface area (Å²) >= 11 is 0. The zero-order chi connectivity index (χ0) is 18.0. The summed E-state index contributed by atoms with van der Waals surface area (Å²) in [6.45, 7) is 2.32. The molecule has 0 atom stereocenters. The minimum Gasteiger partial charge on any atom is -0.481 e. The van der Waals surface area contributed by atoms with E-state index in [9.17, 15) is 14.4 Å². The van der Waals surface area contributed by atoms with Crippen LogP contribution in [0.5, 0.6) is 0 Å². The highest BCUT2D eigenvalue weighted by molar-refractivity contribution is 5.70. The van der Waals surface area contributed by atoms with Gasteiger partial charge in [-0.1, -0.05) is 45.4 Å². The lowest BCUT2D eigenvalue weighted by Gasteiger charge is -2.06. The Morgan fingerprint density at radius 3 is 1.58 bits per heavy atom. The molecule has 0 unspecified atom stereocenters. The van der Waals surface area contributed by atoms with Crippen molar-refractivity contribution in [1.29, 1.82) is 0 Å². The van der Waals surface area contributed by atoms with E-state index >= 15 is 0 Å². The zero-order valence-electron chi connectivity index (χ0n) is 14.9. The number of esters is 2. The Balaban J connectivity index is 3.35. The maximum atomic E-state index is 11.5. The largest absolute Gasteiger partial charge is 0.481 e. The molecule has 0 bridgehead atoms. The van der Waals surface area contributed by atoms with Gasteiger partial charge in [0.25, 0.3) is 0 Å². The van der Waals surface area contributed by atoms with Crippen LogP contribution in [0.15, 0.2) is 0 Å². The number of ether oxygens (including phenoxy) is 2. The Hall–Kier alpha value is -1.59. The fourth-order valence-electron chi connectivity index (χ4n) is 2.23. The molecule has 6 heteroatoms. The van der Waals surface area contributed by atoms with Gasteiger partial charge in [-0.05, 0) is 19.3 Å². The lowest BCUT2D eigenvalue weighted by molar-refractivity contribution is -0.152. The van der Waals surface area contributed by atoms with Crippen LogP contribution in [0.25, 0.3) is 0 Å². The van der Waals surface area contributed by atoms with Crippen LogP contribution >= 0.6 is 0 Å². The van der Waals surface area contributed by atoms with Crippen molar-refractivity contribution in [2.45, 2.75) is 84.0 Å². The Morgan fingerprint density at radius 1 is 0.667 bits per heavy atom. The topological polar surface area (TPSA) is 89.9 Å². The number of hydrogen-bond acceptors (Lipinski definition) is 5. The number of carboxylic acids is 1. The molecule has 0 saturated heterocycles. The number of carbonyl (C=O) groups excluding carboxylic acids is 2. The average molecular weight is 344 g/mol. The fraction of sp³-hybridized carbons (Fsp3) is 0.833. The quantitative estimate of drug-likeness (QED) is 0.338. The Morgan fingerprint density at radius 2 is 1.08 bits per heavy atom. The summed E-state index contributed by atoms with van der Waals surface area (Å²) in [5, 5.41) is 8.47. The highest BCUT2D eigenvalue weighted by Crippen LogP contribution is 2.08. The highest BCUT2D eigenvalue weighted by Gasteiger charge is 2.06. The van der Waals surface area contributed by atoms with Gasteiger partial charge in [0.1, 0.15) is 13.2 Å². The first-order valence-corrected chi connectivity index (χ1v) is 9.09. The van der Waals surface area contributed by atoms with Crippen LogP contribution in [0.2, 0.25) is 0 Å². The third-order valence-corrected chi connectivity index (χ3v) is 3.62. The lowest BCUT2D eigenvalue weighted by Crippen LogP contribution is -2.13. The standard InChI is InChI=1S/C18H32O6/c1-2-3-4-5-6-7-8-12-17(21)23-14-15-24-18(22)13-10-9-11-16(19)20/h2-15H2,1H3,(H,19,20). The van der Waals surface area contributed by atoms with Gasteiger partial charge in [0.2, 0.25) is 0 Å². The number of aliphatic carboxylic acids is 1. The molecule has 6 nitrogen and oxygen atoms in total. The second kappa shape index (κ2) is 16.3. The molecule has 140 valence electrons. The molecule has 0 aliphatic rings. The van der Waals surface area contributed by atoms with E-state index in [1.54, 1.807) is 0 Å². The first kappa shape index (κ1) is 22.4. The van der Waals surface area contributed by atoms with Gasteiger partial charge in [0.15, 0.2) is 0 Å². The van der Waals surface area contributed by atoms with Crippen LogP contribution in [0.3, 0.4) is 0 Å². The molecule has 1 N–H and O–H groups in total. The van der Waals surface area contributed by atoms with Crippen molar-refractivity contribution in [2.75, 3.05) is 13.2 Å². The van der Waals surface area contributed by atoms with E-state index in [0.717, 1.165) is 19.3 Å². The summed E-state index contributed by atoms with van der Waals surface area (Å²) in [7, 11) is 0. The number of unbranched alkanes of at least 4 members (excludes halogenated alkanes) is 7. The van der Waals surface area contributed by atoms with Crippen LogP contribution in [-0.2, 0) is 23.9 Å². The smallest absolute Gasteiger partial charge is 0.305 e. The van der Waals surface area contributed by atoms with Crippen molar-refractivity contribution < 1.29 is 29.0 Å². The number of carboxylic acid groups (broad SMARTS) is 1. The summed E-state index contributed by atoms with van der Waals surface area (Å²) in [5.41, 5.74) is 0. The molecular formula is C18H32O6. The van der Waals surface area contributed by atoms with Gasteiger partial charge in [-0.3, -0.25) is 14.4 Å². The predicted molar refractivity (Wildman–Crippen MR) is 90.6 cm³/mol. The van der Waals surface area contributed by atoms with Crippen molar-refractivity contribution in [3.05, 3.63) is 0 Å². The van der Waals surface area contributed by atoms with Gasteiger partial charge in [0, 0.05) is 19.3 Å². The normalized spacial score (nSPS) is 10.4. The van der Waals surface area contributed by atoms with Crippen molar-refractivity contribution in [3.63, 3.8) is 0 Å². The van der Waals surface area contributed by atoms with E-state index in [4.69, 9.17) is 14.6 Å². The maximum Gasteiger partial charge on any atom is 0.305 e. The van der Waals surface area contributed by atoms with Crippen LogP contribution in [0.4, 0.5) is 0 Å². The van der Waals surface area contributed by atoms with Gasteiger partial charge in [-0.25, -0.2) is 0 Å². The van der Waals surface area contributed by atoms with Crippen molar-refractivity contribution in [2.24, 2.45) is 0 Å². The Kier molecular flexibility index (Phi) is 15.2. The summed E-state index contributed by atoms with van der Waals surface area (Å²) < 4.78 is 9.92. The Bertz CT molecular complexity index is 353. The maximum absolute atomic E-state index is 11.5. The molecule has 0 amide bonds. The SMILES string of the molecule is CCCCCCCCCC(=O)OCCOC(=O)CCCCC(=O)O. The molecule has 0 aromatic heterocycles. The first-order valence-electron chi connectivity index (χ1n) is 9.09. The number of rotatable bonds is 16. The molecule has 0 fully saturated rings. The molecule has 0 rings (SSSR count). The van der Waals surface area contributed by atoms with Crippen molar-refractivity contribution >= 4 is 17.9 Å². The van der Waals surface area contributed by atoms with E-state index in [1.807, 2.05) is 0 Å². The average Bonchev–Trinajstić information content (AvgIpc) is 2.54. The molecule has 0 saturated carbocycles.